The minimum atomic E-state index is -4.84. The highest BCUT2D eigenvalue weighted by molar-refractivity contribution is 6.37. The number of hydrogen-bond donors (Lipinski definition) is 2. The summed E-state index contributed by atoms with van der Waals surface area (Å²) in [4.78, 5) is 10.9. The van der Waals surface area contributed by atoms with Crippen LogP contribution >= 0.6 is 23.2 Å². The van der Waals surface area contributed by atoms with Crippen LogP contribution in [0.25, 0.3) is 0 Å². The van der Waals surface area contributed by atoms with Crippen LogP contribution in [0.3, 0.4) is 0 Å². The van der Waals surface area contributed by atoms with Crippen molar-refractivity contribution >= 4 is 34.8 Å². The van der Waals surface area contributed by atoms with E-state index in [1.54, 1.807) is 0 Å². The lowest BCUT2D eigenvalue weighted by atomic mass is 10.2. The number of benzene rings is 1. The number of carbonyl (C=O) groups is 1. The van der Waals surface area contributed by atoms with Crippen LogP contribution < -0.4 is 5.32 Å². The van der Waals surface area contributed by atoms with Crippen LogP contribution in [0.1, 0.15) is 0 Å². The quantitative estimate of drug-likeness (QED) is 0.663. The first-order chi connectivity index (χ1) is 8.16. The van der Waals surface area contributed by atoms with Gasteiger partial charge < -0.3 is 10.4 Å². The van der Waals surface area contributed by atoms with Gasteiger partial charge in [0.05, 0.1) is 10.0 Å². The van der Waals surface area contributed by atoms with Gasteiger partial charge in [0.25, 0.3) is 0 Å². The number of amides is 1. The van der Waals surface area contributed by atoms with Crippen LogP contribution in [0.4, 0.5) is 23.2 Å². The molecule has 9 heteroatoms. The monoisotopic (exact) mass is 305 g/mol. The number of halogens is 6. The molecule has 0 fully saturated rings. The minimum Gasteiger partial charge on any atom is -0.505 e. The first-order valence-corrected chi connectivity index (χ1v) is 5.07. The molecule has 2 N–H and O–H groups in total. The molecule has 0 saturated heterocycles. The number of hydrogen-bond acceptors (Lipinski definition) is 2. The number of carbonyl (C=O) groups excluding carboxylic acids is 1. The largest absolute Gasteiger partial charge is 0.505 e. The summed E-state index contributed by atoms with van der Waals surface area (Å²) in [5.74, 6) is -7.55. The van der Waals surface area contributed by atoms with E-state index in [9.17, 15) is 22.4 Å². The van der Waals surface area contributed by atoms with Crippen LogP contribution in [-0.4, -0.2) is 23.4 Å². The first kappa shape index (κ1) is 14.8. The highest BCUT2D eigenvalue weighted by Gasteiger charge is 2.49. The van der Waals surface area contributed by atoms with E-state index in [2.05, 4.69) is 0 Å². The van der Waals surface area contributed by atoms with Crippen molar-refractivity contribution in [2.24, 2.45) is 0 Å². The molecule has 0 unspecified atom stereocenters. The number of anilines is 1. The van der Waals surface area contributed by atoms with Gasteiger partial charge in [-0.05, 0) is 12.1 Å². The maximum Gasteiger partial charge on any atom is 0.383 e. The zero-order chi connectivity index (χ0) is 14.1. The van der Waals surface area contributed by atoms with Crippen molar-refractivity contribution in [3.63, 3.8) is 0 Å². The molecular weight excluding hydrogens is 301 g/mol. The Labute approximate surface area is 108 Å². The molecule has 1 amide bonds. The van der Waals surface area contributed by atoms with Gasteiger partial charge >= 0.3 is 18.3 Å². The summed E-state index contributed by atoms with van der Waals surface area (Å²) in [6.45, 7) is 0. The Morgan fingerprint density at radius 1 is 1.28 bits per heavy atom. The molecule has 0 atom stereocenters. The van der Waals surface area contributed by atoms with E-state index < -0.39 is 24.0 Å². The second kappa shape index (κ2) is 5.19. The van der Waals surface area contributed by atoms with Crippen LogP contribution in [0.15, 0.2) is 12.1 Å². The van der Waals surface area contributed by atoms with Crippen LogP contribution in [0, 0.1) is 0 Å². The van der Waals surface area contributed by atoms with Gasteiger partial charge in [-0.25, -0.2) is 8.78 Å². The molecule has 18 heavy (non-hydrogen) atoms. The molecule has 0 aromatic heterocycles. The van der Waals surface area contributed by atoms with Gasteiger partial charge in [0.2, 0.25) is 0 Å². The third kappa shape index (κ3) is 2.97. The van der Waals surface area contributed by atoms with E-state index in [-0.39, 0.29) is 15.7 Å². The third-order valence-electron chi connectivity index (χ3n) is 1.85. The zero-order valence-corrected chi connectivity index (χ0v) is 9.87. The number of nitrogens with one attached hydrogen (secondary N) is 1. The molecule has 100 valence electrons. The summed E-state index contributed by atoms with van der Waals surface area (Å²) >= 11 is 10.9. The second-order valence-electron chi connectivity index (χ2n) is 3.17. The van der Waals surface area contributed by atoms with Crippen LogP contribution in [0.5, 0.6) is 5.75 Å². The Morgan fingerprint density at radius 2 is 1.72 bits per heavy atom. The number of phenols is 1. The van der Waals surface area contributed by atoms with Crippen molar-refractivity contribution in [2.45, 2.75) is 12.3 Å². The van der Waals surface area contributed by atoms with E-state index >= 15 is 0 Å². The molecule has 0 aliphatic heterocycles. The standard InChI is InChI=1S/C9H5Cl2F4NO2/c10-4-1-3(2-5(11)6(4)17)16-8(18)9(14,15)7(12)13/h1-2,7,17H,(H,16,18). The van der Waals surface area contributed by atoms with Crippen molar-refractivity contribution in [3.05, 3.63) is 22.2 Å². The van der Waals surface area contributed by atoms with Gasteiger partial charge in [0.15, 0.2) is 5.75 Å². The average molecular weight is 306 g/mol. The average Bonchev–Trinajstić information content (AvgIpc) is 2.25. The lowest BCUT2D eigenvalue weighted by Crippen LogP contribution is -2.40. The smallest absolute Gasteiger partial charge is 0.383 e. The summed E-state index contributed by atoms with van der Waals surface area (Å²) in [7, 11) is 0. The Kier molecular flexibility index (Phi) is 4.28. The summed E-state index contributed by atoms with van der Waals surface area (Å²) in [5.41, 5.74) is -0.340. The summed E-state index contributed by atoms with van der Waals surface area (Å²) in [6.07, 6.45) is -4.14. The lowest BCUT2D eigenvalue weighted by molar-refractivity contribution is -0.163. The van der Waals surface area contributed by atoms with Crippen molar-refractivity contribution in [1.29, 1.82) is 0 Å². The fourth-order valence-corrected chi connectivity index (χ4v) is 1.44. The molecule has 1 aromatic carbocycles. The number of alkyl halides is 4. The van der Waals surface area contributed by atoms with Crippen molar-refractivity contribution in [3.8, 4) is 5.75 Å². The molecule has 0 aliphatic rings. The van der Waals surface area contributed by atoms with E-state index in [0.29, 0.717) is 0 Å². The molecule has 1 rings (SSSR count). The molecule has 0 heterocycles. The van der Waals surface area contributed by atoms with Crippen molar-refractivity contribution < 1.29 is 27.5 Å². The lowest BCUT2D eigenvalue weighted by Gasteiger charge is -2.15. The Balaban J connectivity index is 2.96. The first-order valence-electron chi connectivity index (χ1n) is 4.31. The van der Waals surface area contributed by atoms with E-state index in [0.717, 1.165) is 12.1 Å². The fraction of sp³-hybridized carbons (Fsp3) is 0.222. The van der Waals surface area contributed by atoms with Crippen molar-refractivity contribution in [1.82, 2.24) is 0 Å². The molecule has 0 radical (unpaired) electrons. The van der Waals surface area contributed by atoms with Crippen LogP contribution in [0.2, 0.25) is 10.0 Å². The van der Waals surface area contributed by atoms with E-state index in [4.69, 9.17) is 28.3 Å². The van der Waals surface area contributed by atoms with E-state index in [1.165, 1.54) is 5.32 Å². The number of rotatable bonds is 3. The van der Waals surface area contributed by atoms with Gasteiger partial charge in [-0.15, -0.1) is 0 Å². The fourth-order valence-electron chi connectivity index (χ4n) is 0.951. The molecule has 0 spiro atoms. The summed E-state index contributed by atoms with van der Waals surface area (Å²) in [6, 6.07) is 1.78. The SMILES string of the molecule is O=C(Nc1cc(Cl)c(O)c(Cl)c1)C(F)(F)C(F)F. The topological polar surface area (TPSA) is 49.3 Å². The molecule has 0 bridgehead atoms. The normalized spacial score (nSPS) is 11.7. The second-order valence-corrected chi connectivity index (χ2v) is 3.98. The summed E-state index contributed by atoms with van der Waals surface area (Å²) < 4.78 is 49.0. The predicted octanol–water partition coefficient (Wildman–Crippen LogP) is 3.54. The highest BCUT2D eigenvalue weighted by atomic mass is 35.5. The summed E-state index contributed by atoms with van der Waals surface area (Å²) in [5, 5.41) is 10.0. The highest BCUT2D eigenvalue weighted by Crippen LogP contribution is 2.35. The molecule has 3 nitrogen and oxygen atoms in total. The molecule has 0 saturated carbocycles. The maximum atomic E-state index is 12.6. The minimum absolute atomic E-state index is 0.321. The van der Waals surface area contributed by atoms with Gasteiger partial charge in [-0.2, -0.15) is 8.78 Å². The number of aromatic hydroxyl groups is 1. The molecule has 1 aromatic rings. The van der Waals surface area contributed by atoms with Gasteiger partial charge in [-0.1, -0.05) is 23.2 Å². The van der Waals surface area contributed by atoms with Gasteiger partial charge in [0.1, 0.15) is 0 Å². The van der Waals surface area contributed by atoms with Gasteiger partial charge in [-0.3, -0.25) is 4.79 Å². The molecular formula is C9H5Cl2F4NO2. The Morgan fingerprint density at radius 3 is 2.11 bits per heavy atom. The number of phenolic OH excluding ortho intramolecular Hbond substituents is 1. The predicted molar refractivity (Wildman–Crippen MR) is 57.7 cm³/mol. The maximum absolute atomic E-state index is 12.6. The Hall–Kier alpha value is -1.21. The van der Waals surface area contributed by atoms with Crippen molar-refractivity contribution in [2.75, 3.05) is 5.32 Å². The Bertz CT molecular complexity index is 459. The molecule has 0 aliphatic carbocycles. The van der Waals surface area contributed by atoms with Gasteiger partial charge in [0, 0.05) is 5.69 Å². The third-order valence-corrected chi connectivity index (χ3v) is 2.43. The van der Waals surface area contributed by atoms with E-state index in [1.807, 2.05) is 0 Å². The van der Waals surface area contributed by atoms with Crippen LogP contribution in [-0.2, 0) is 4.79 Å². The zero-order valence-electron chi connectivity index (χ0n) is 8.36.